The number of amides is 1. The summed E-state index contributed by atoms with van der Waals surface area (Å²) in [6.45, 7) is 13.1. The number of nitrogens with one attached hydrogen (secondary N) is 3. The largest absolute Gasteiger partial charge is 0.329 e. The average molecular weight is 358 g/mol. The molecular weight excluding hydrogens is 322 g/mol. The molecule has 0 bridgehead atoms. The first kappa shape index (κ1) is 21.3. The lowest BCUT2D eigenvalue weighted by Gasteiger charge is -2.47. The monoisotopic (exact) mass is 357 g/mol. The molecule has 1 amide bonds. The zero-order valence-electron chi connectivity index (χ0n) is 15.6. The van der Waals surface area contributed by atoms with Crippen LogP contribution in [0.25, 0.3) is 0 Å². The van der Waals surface area contributed by atoms with Crippen molar-refractivity contribution in [3.63, 3.8) is 0 Å². The number of carbonyl (C=O) groups is 1. The van der Waals surface area contributed by atoms with E-state index in [9.17, 15) is 4.79 Å². The van der Waals surface area contributed by atoms with Gasteiger partial charge in [-0.1, -0.05) is 33.2 Å². The van der Waals surface area contributed by atoms with E-state index >= 15 is 0 Å². The Morgan fingerprint density at radius 1 is 1.38 bits per heavy atom. The molecule has 1 heterocycles. The predicted octanol–water partition coefficient (Wildman–Crippen LogP) is 1.04. The summed E-state index contributed by atoms with van der Waals surface area (Å²) in [7, 11) is 0.00370. The fraction of sp³-hybridized carbons (Fsp3) is 0.765. The van der Waals surface area contributed by atoms with E-state index in [-0.39, 0.29) is 28.5 Å². The van der Waals surface area contributed by atoms with Gasteiger partial charge < -0.3 is 5.32 Å². The standard InChI is InChI=1S/C17H35N5OS/c1-12(2)16(22-10-15(11-22)21-24(5)6)14(4)20-17(23)13(3)8-7-9-19-18/h12-13,15-16,19,21H,4-5,7-11,18H2,1-3,6H3,(H,20,23). The van der Waals surface area contributed by atoms with Crippen molar-refractivity contribution in [2.45, 2.75) is 45.7 Å². The second kappa shape index (κ2) is 10.3. The Bertz CT molecular complexity index is 448. The molecule has 0 aliphatic carbocycles. The molecule has 0 spiro atoms. The van der Waals surface area contributed by atoms with Crippen LogP contribution in [0.4, 0.5) is 0 Å². The number of rotatable bonds is 11. The fourth-order valence-electron chi connectivity index (χ4n) is 3.14. The van der Waals surface area contributed by atoms with Gasteiger partial charge in [0.15, 0.2) is 0 Å². The minimum absolute atomic E-state index is 0.00370. The SMILES string of the molecule is C=C(NC(=O)C(C)CCCNN)C(C(C)C)N1CC(NS(=C)C)C1. The van der Waals surface area contributed by atoms with Crippen LogP contribution in [0.3, 0.4) is 0 Å². The second-order valence-corrected chi connectivity index (χ2v) is 8.62. The Morgan fingerprint density at radius 3 is 2.50 bits per heavy atom. The van der Waals surface area contributed by atoms with Gasteiger partial charge in [0.2, 0.25) is 5.91 Å². The third-order valence-electron chi connectivity index (χ3n) is 4.35. The predicted molar refractivity (Wildman–Crippen MR) is 106 cm³/mol. The summed E-state index contributed by atoms with van der Waals surface area (Å²) in [5.74, 6) is 9.67. The summed E-state index contributed by atoms with van der Waals surface area (Å²) in [5, 5.41) is 3.04. The summed E-state index contributed by atoms with van der Waals surface area (Å²) in [6.07, 6.45) is 3.78. The Balaban J connectivity index is 2.50. The van der Waals surface area contributed by atoms with Gasteiger partial charge in [-0.25, -0.2) is 0 Å². The van der Waals surface area contributed by atoms with Gasteiger partial charge >= 0.3 is 0 Å². The molecule has 6 nitrogen and oxygen atoms in total. The molecule has 7 heteroatoms. The van der Waals surface area contributed by atoms with Crippen LogP contribution in [0.5, 0.6) is 0 Å². The Labute approximate surface area is 149 Å². The molecule has 3 atom stereocenters. The number of likely N-dealkylation sites (tertiary alicyclic amines) is 1. The molecule has 5 N–H and O–H groups in total. The molecule has 0 radical (unpaired) electrons. The normalized spacial score (nSPS) is 19.6. The number of hydrogen-bond donors (Lipinski definition) is 4. The lowest BCUT2D eigenvalue weighted by atomic mass is 9.94. The topological polar surface area (TPSA) is 82.4 Å². The van der Waals surface area contributed by atoms with Gasteiger partial charge in [0.1, 0.15) is 0 Å². The minimum atomic E-state index is -0.0399. The molecule has 0 aromatic carbocycles. The molecule has 3 unspecified atom stereocenters. The molecule has 24 heavy (non-hydrogen) atoms. The second-order valence-electron chi connectivity index (χ2n) is 7.11. The number of hydrogen-bond acceptors (Lipinski definition) is 5. The van der Waals surface area contributed by atoms with Gasteiger partial charge in [0, 0.05) is 37.3 Å². The van der Waals surface area contributed by atoms with Crippen LogP contribution in [0, 0.1) is 11.8 Å². The lowest BCUT2D eigenvalue weighted by molar-refractivity contribution is -0.124. The molecule has 1 fully saturated rings. The summed E-state index contributed by atoms with van der Waals surface area (Å²) < 4.78 is 3.47. The Hall–Kier alpha value is -0.730. The molecule has 1 saturated heterocycles. The van der Waals surface area contributed by atoms with E-state index in [1.165, 1.54) is 0 Å². The first-order valence-corrected chi connectivity index (χ1v) is 10.4. The highest BCUT2D eigenvalue weighted by Gasteiger charge is 2.35. The summed E-state index contributed by atoms with van der Waals surface area (Å²) in [4.78, 5) is 14.7. The van der Waals surface area contributed by atoms with Crippen LogP contribution in [0.2, 0.25) is 0 Å². The van der Waals surface area contributed by atoms with E-state index < -0.39 is 0 Å². The van der Waals surface area contributed by atoms with Crippen molar-refractivity contribution in [1.82, 2.24) is 20.4 Å². The third-order valence-corrected chi connectivity index (χ3v) is 5.08. The van der Waals surface area contributed by atoms with Crippen LogP contribution < -0.4 is 21.3 Å². The summed E-state index contributed by atoms with van der Waals surface area (Å²) in [6, 6.07) is 0.664. The van der Waals surface area contributed by atoms with E-state index in [0.29, 0.717) is 12.0 Å². The zero-order chi connectivity index (χ0) is 18.3. The van der Waals surface area contributed by atoms with Crippen molar-refractivity contribution < 1.29 is 4.79 Å². The lowest BCUT2D eigenvalue weighted by Crippen LogP contribution is -2.62. The summed E-state index contributed by atoms with van der Waals surface area (Å²) >= 11 is 0. The first-order valence-electron chi connectivity index (χ1n) is 8.65. The Morgan fingerprint density at radius 2 is 2.00 bits per heavy atom. The number of carbonyl (C=O) groups excluding carboxylic acids is 1. The molecule has 0 aromatic heterocycles. The first-order chi connectivity index (χ1) is 11.3. The van der Waals surface area contributed by atoms with Crippen LogP contribution >= 0.6 is 10.7 Å². The summed E-state index contributed by atoms with van der Waals surface area (Å²) in [5.41, 5.74) is 3.43. The quantitative estimate of drug-likeness (QED) is 0.192. The van der Waals surface area contributed by atoms with Gasteiger partial charge in [0.25, 0.3) is 0 Å². The van der Waals surface area contributed by atoms with Crippen molar-refractivity contribution in [1.29, 1.82) is 0 Å². The number of hydrazine groups is 1. The van der Waals surface area contributed by atoms with Crippen LogP contribution in [0.1, 0.15) is 33.6 Å². The van der Waals surface area contributed by atoms with E-state index in [1.807, 2.05) is 6.92 Å². The van der Waals surface area contributed by atoms with Gasteiger partial charge in [0.05, 0.1) is 6.04 Å². The molecule has 1 aliphatic rings. The van der Waals surface area contributed by atoms with Gasteiger partial charge in [-0.15, -0.1) is 10.7 Å². The highest BCUT2D eigenvalue weighted by atomic mass is 32.2. The van der Waals surface area contributed by atoms with E-state index in [1.54, 1.807) is 0 Å². The van der Waals surface area contributed by atoms with E-state index in [4.69, 9.17) is 5.84 Å². The molecule has 0 aromatic rings. The van der Waals surface area contributed by atoms with Crippen LogP contribution in [0.15, 0.2) is 12.3 Å². The zero-order valence-corrected chi connectivity index (χ0v) is 16.4. The third kappa shape index (κ3) is 6.64. The molecule has 1 aliphatic heterocycles. The van der Waals surface area contributed by atoms with Crippen LogP contribution in [-0.4, -0.2) is 54.7 Å². The minimum Gasteiger partial charge on any atom is -0.329 e. The molecule has 1 rings (SSSR count). The van der Waals surface area contributed by atoms with Gasteiger partial charge in [-0.2, -0.15) is 0 Å². The van der Waals surface area contributed by atoms with Crippen molar-refractivity contribution in [3.05, 3.63) is 12.3 Å². The van der Waals surface area contributed by atoms with Crippen molar-refractivity contribution in [3.8, 4) is 0 Å². The van der Waals surface area contributed by atoms with E-state index in [0.717, 1.165) is 38.2 Å². The number of nitrogens with two attached hydrogens (primary N) is 1. The Kier molecular flexibility index (Phi) is 9.15. The van der Waals surface area contributed by atoms with Crippen LogP contribution in [-0.2, 0) is 4.79 Å². The molecule has 0 saturated carbocycles. The highest BCUT2D eigenvalue weighted by molar-refractivity contribution is 8.11. The van der Waals surface area contributed by atoms with Crippen molar-refractivity contribution in [2.24, 2.45) is 17.7 Å². The number of nitrogens with zero attached hydrogens (tertiary/aromatic N) is 1. The average Bonchev–Trinajstić information content (AvgIpc) is 2.44. The smallest absolute Gasteiger partial charge is 0.226 e. The van der Waals surface area contributed by atoms with Gasteiger partial charge in [-0.3, -0.25) is 25.7 Å². The maximum absolute atomic E-state index is 12.4. The van der Waals surface area contributed by atoms with E-state index in [2.05, 4.69) is 52.9 Å². The highest BCUT2D eigenvalue weighted by Crippen LogP contribution is 2.24. The fourth-order valence-corrected chi connectivity index (χ4v) is 3.86. The van der Waals surface area contributed by atoms with Crippen molar-refractivity contribution >= 4 is 22.4 Å². The van der Waals surface area contributed by atoms with Gasteiger partial charge in [-0.05, 0) is 25.0 Å². The van der Waals surface area contributed by atoms with Crippen molar-refractivity contribution in [2.75, 3.05) is 25.9 Å². The molecular formula is C17H35N5OS. The molecule has 140 valence electrons. The maximum atomic E-state index is 12.4. The maximum Gasteiger partial charge on any atom is 0.226 e.